The molecule has 0 bridgehead atoms. The molecule has 20 aromatic rings. The summed E-state index contributed by atoms with van der Waals surface area (Å²) in [6, 6.07) is 95.6. The van der Waals surface area contributed by atoms with Crippen LogP contribution in [0, 0.1) is 0 Å². The number of rotatable bonds is 14. The predicted molar refractivity (Wildman–Crippen MR) is 499 cm³/mol. The average molecular weight is 1530 g/mol. The molecule has 0 atom stereocenters. The van der Waals surface area contributed by atoms with E-state index in [2.05, 4.69) is 128 Å². The summed E-state index contributed by atoms with van der Waals surface area (Å²) in [4.78, 5) is 3.10. The molecule has 0 amide bonds. The van der Waals surface area contributed by atoms with Gasteiger partial charge in [-0.25, -0.2) is 0 Å². The SMILES string of the molecule is [2H]c1c([2H])c(N(c2ccc3c(c2)C(C)(C)c2ccccc2-3)c2ccccc2-c2ccccc2)c([2H])c([2H])c1-c1ccc2c(c1)c1ccccc1n2-c1ccc(-c2ccccc2)cc1.[2H]c1c([2H])c([2H])c(-c2c([2H])c([2H])c([2H])c([2H])c2N(c2ccc3c(c2)C(C)(C)c2ccccc2-3)c2c([2H])c([2H])c(-c3cc4c5ccccc5n(-c5ccc(-c6ccccc6)cc5)c4c([2H])c3[2H])c([2H])c2[2H])c([2H])c1[2H]. The van der Waals surface area contributed by atoms with Crippen LogP contribution in [0.1, 0.15) is 76.0 Å². The van der Waals surface area contributed by atoms with Gasteiger partial charge in [0.2, 0.25) is 0 Å². The Morgan fingerprint density at radius 3 is 1.15 bits per heavy atom. The molecule has 2 aromatic heterocycles. The molecule has 2 heterocycles. The Morgan fingerprint density at radius 2 is 0.602 bits per heavy atom. The van der Waals surface area contributed by atoms with Crippen LogP contribution < -0.4 is 9.80 Å². The minimum absolute atomic E-state index is 0.0570. The largest absolute Gasteiger partial charge is 0.310 e. The van der Waals surface area contributed by atoms with E-state index >= 15 is 0 Å². The Hall–Kier alpha value is -14.8. The summed E-state index contributed by atoms with van der Waals surface area (Å²) < 4.78 is 182. The van der Waals surface area contributed by atoms with Gasteiger partial charge in [-0.15, -0.1) is 0 Å². The molecule has 0 spiro atoms. The molecule has 22 rings (SSSR count). The van der Waals surface area contributed by atoms with E-state index in [0.29, 0.717) is 21.9 Å². The Kier molecular flexibility index (Phi) is 13.2. The third-order valence-electron chi connectivity index (χ3n) is 23.4. The van der Waals surface area contributed by atoms with E-state index in [9.17, 15) is 16.4 Å². The van der Waals surface area contributed by atoms with Crippen molar-refractivity contribution in [1.82, 2.24) is 9.13 Å². The molecule has 0 fully saturated rings. The molecule has 118 heavy (non-hydrogen) atoms. The smallest absolute Gasteiger partial charge is 0.0645 e. The normalized spacial score (nSPS) is 15.0. The first-order chi connectivity index (χ1) is 66.0. The molecule has 0 radical (unpaired) electrons. The molecule has 0 saturated carbocycles. The Morgan fingerprint density at radius 1 is 0.212 bits per heavy atom. The van der Waals surface area contributed by atoms with Gasteiger partial charge < -0.3 is 18.9 Å². The van der Waals surface area contributed by atoms with Crippen molar-refractivity contribution in [1.29, 1.82) is 0 Å². The van der Waals surface area contributed by atoms with Gasteiger partial charge in [0.1, 0.15) is 0 Å². The maximum absolute atomic E-state index is 9.88. The summed E-state index contributed by atoms with van der Waals surface area (Å²) in [5.74, 6) is 0. The van der Waals surface area contributed by atoms with Crippen molar-refractivity contribution in [3.63, 3.8) is 0 Å². The van der Waals surface area contributed by atoms with Crippen LogP contribution in [0.5, 0.6) is 0 Å². The minimum Gasteiger partial charge on any atom is -0.310 e. The van der Waals surface area contributed by atoms with Crippen LogP contribution in [0.2, 0.25) is 0 Å². The summed E-state index contributed by atoms with van der Waals surface area (Å²) in [5, 5.41) is 3.24. The highest BCUT2D eigenvalue weighted by Gasteiger charge is 2.38. The molecule has 2 aliphatic carbocycles. The Balaban J connectivity index is 0.000000166. The van der Waals surface area contributed by atoms with Crippen molar-refractivity contribution < 1.29 is 26.0 Å². The van der Waals surface area contributed by atoms with Gasteiger partial charge >= 0.3 is 0 Å². The zero-order chi connectivity index (χ0) is 95.5. The second-order valence-corrected chi connectivity index (χ2v) is 30.9. The van der Waals surface area contributed by atoms with Crippen molar-refractivity contribution in [2.24, 2.45) is 0 Å². The predicted octanol–water partition coefficient (Wildman–Crippen LogP) is 31.1. The number of benzene rings is 18. The average Bonchev–Trinajstić information content (AvgIpc) is 1.72. The van der Waals surface area contributed by atoms with Crippen molar-refractivity contribution in [2.75, 3.05) is 9.80 Å². The van der Waals surface area contributed by atoms with Crippen LogP contribution in [0.15, 0.2) is 436 Å². The highest BCUT2D eigenvalue weighted by atomic mass is 15.2. The molecular weight excluding hydrogens is 1430 g/mol. The summed E-state index contributed by atoms with van der Waals surface area (Å²) in [6.45, 7) is 8.50. The van der Waals surface area contributed by atoms with Crippen LogP contribution in [0.25, 0.3) is 144 Å². The molecule has 0 N–H and O–H groups in total. The fourth-order valence-corrected chi connectivity index (χ4v) is 17.6. The topological polar surface area (TPSA) is 16.3 Å². The molecule has 0 unspecified atom stereocenters. The molecule has 0 aliphatic heterocycles. The first-order valence-corrected chi connectivity index (χ1v) is 39.5. The van der Waals surface area contributed by atoms with Gasteiger partial charge in [0.25, 0.3) is 0 Å². The molecular formula is C114H84N4. The number of para-hydroxylation sites is 4. The van der Waals surface area contributed by atoms with Gasteiger partial charge in [-0.2, -0.15) is 0 Å². The second-order valence-electron chi connectivity index (χ2n) is 30.9. The van der Waals surface area contributed by atoms with E-state index in [1.165, 1.54) is 11.1 Å². The lowest BCUT2D eigenvalue weighted by molar-refractivity contribution is 0.660. The minimum atomic E-state index is -0.781. The summed E-state index contributed by atoms with van der Waals surface area (Å²) in [7, 11) is 0. The highest BCUT2D eigenvalue weighted by Crippen LogP contribution is 2.54. The monoisotopic (exact) mass is 1530 g/mol. The van der Waals surface area contributed by atoms with E-state index < -0.39 is 106 Å². The van der Waals surface area contributed by atoms with Crippen LogP contribution in [0.3, 0.4) is 0 Å². The van der Waals surface area contributed by atoms with Crippen molar-refractivity contribution in [2.45, 2.75) is 38.5 Å². The number of aromatic nitrogens is 2. The number of anilines is 6. The maximum atomic E-state index is 9.88. The van der Waals surface area contributed by atoms with Gasteiger partial charge in [0.15, 0.2) is 0 Å². The van der Waals surface area contributed by atoms with Crippen molar-refractivity contribution in [3.05, 3.63) is 459 Å². The number of fused-ring (bicyclic) bond motifs is 12. The van der Waals surface area contributed by atoms with Crippen LogP contribution >= 0.6 is 0 Å². The summed E-state index contributed by atoms with van der Waals surface area (Å²) in [5.41, 5.74) is 18.8. The van der Waals surface area contributed by atoms with E-state index in [1.54, 1.807) is 24.3 Å². The summed E-state index contributed by atoms with van der Waals surface area (Å²) >= 11 is 0. The van der Waals surface area contributed by atoms with E-state index in [-0.39, 0.29) is 69.7 Å². The number of hydrogen-bond acceptors (Lipinski definition) is 2. The Bertz CT molecular complexity index is 8360. The van der Waals surface area contributed by atoms with Gasteiger partial charge in [0, 0.05) is 77.6 Å². The third-order valence-corrected chi connectivity index (χ3v) is 23.4. The molecule has 18 aromatic carbocycles. The quantitative estimate of drug-likeness (QED) is 0.108. The lowest BCUT2D eigenvalue weighted by atomic mass is 9.82. The van der Waals surface area contributed by atoms with Gasteiger partial charge in [-0.1, -0.05) is 343 Å². The van der Waals surface area contributed by atoms with E-state index in [1.807, 2.05) is 211 Å². The molecule has 560 valence electrons. The molecule has 2 aliphatic rings. The Labute approximate surface area is 716 Å². The molecule has 0 saturated heterocycles. The fourth-order valence-electron chi connectivity index (χ4n) is 17.6. The van der Waals surface area contributed by atoms with Crippen molar-refractivity contribution >= 4 is 77.7 Å². The third kappa shape index (κ3) is 12.3. The lowest BCUT2D eigenvalue weighted by Crippen LogP contribution is -2.16. The van der Waals surface area contributed by atoms with Gasteiger partial charge in [-0.3, -0.25) is 0 Å². The zero-order valence-electron chi connectivity index (χ0n) is 83.9. The summed E-state index contributed by atoms with van der Waals surface area (Å²) in [6.07, 6.45) is 0. The van der Waals surface area contributed by atoms with Gasteiger partial charge in [0.05, 0.1) is 59.5 Å². The number of hydrogen-bond donors (Lipinski definition) is 0. The first-order valence-electron chi connectivity index (χ1n) is 49.0. The maximum Gasteiger partial charge on any atom is 0.0645 e. The lowest BCUT2D eigenvalue weighted by Gasteiger charge is -2.30. The standard InChI is InChI=1S/2C57H42N2/c2*1-57(2)52-22-12-9-20-48(52)49-35-34-46(38-53(49)57)58(54-23-13-10-19-47(54)42-17-7-4-8-18-42)44-30-27-41(28-31-44)43-29-36-56-51(37-43)50-21-11-14-24-55(50)59(56)45-32-25-40(26-33-45)39-15-5-3-6-16-39/h2*3-38H,1-2H3/i4D,7D,8D,10D,13D,17D,18D,19D,23D,27D,28D,29D,30D,31D,36D;27D,28D,30D,31D. The van der Waals surface area contributed by atoms with Crippen LogP contribution in [0.4, 0.5) is 34.1 Å². The first kappa shape index (κ1) is 53.3. The van der Waals surface area contributed by atoms with Crippen molar-refractivity contribution in [3.8, 4) is 100 Å². The highest BCUT2D eigenvalue weighted by molar-refractivity contribution is 6.12. The van der Waals surface area contributed by atoms with Crippen LogP contribution in [-0.2, 0) is 10.8 Å². The second kappa shape index (κ2) is 29.2. The van der Waals surface area contributed by atoms with E-state index in [4.69, 9.17) is 9.60 Å². The molecule has 4 heteroatoms. The fraction of sp³-hybridized carbons (Fsp3) is 0.0526. The van der Waals surface area contributed by atoms with Gasteiger partial charge in [-0.05, 0) is 221 Å². The zero-order valence-corrected chi connectivity index (χ0v) is 64.9. The number of nitrogens with zero attached hydrogens (tertiary/aromatic N) is 4. The van der Waals surface area contributed by atoms with E-state index in [0.717, 1.165) is 122 Å². The van der Waals surface area contributed by atoms with Crippen LogP contribution in [-0.4, -0.2) is 9.13 Å². The molecule has 4 nitrogen and oxygen atoms in total.